The number of hydrogen-bond acceptors (Lipinski definition) is 2. The minimum atomic E-state index is 0.910. The molecule has 0 aromatic heterocycles. The van der Waals surface area contributed by atoms with Crippen LogP contribution in [0, 0.1) is 0 Å². The lowest BCUT2D eigenvalue weighted by atomic mass is 10.5. The van der Waals surface area contributed by atoms with E-state index in [-0.39, 0.29) is 0 Å². The zero-order valence-electron chi connectivity index (χ0n) is 6.22. The predicted octanol–water partition coefficient (Wildman–Crippen LogP) is -0.835. The first-order valence-electron chi connectivity index (χ1n) is 3.38. The van der Waals surface area contributed by atoms with Gasteiger partial charge >= 0.3 is 0 Å². The summed E-state index contributed by atoms with van der Waals surface area (Å²) in [5, 5.41) is 5.01. The minimum Gasteiger partial charge on any atom is -0.292 e. The Balaban J connectivity index is 2.86. The van der Waals surface area contributed by atoms with Crippen molar-refractivity contribution in [3.8, 4) is 0 Å². The monoisotopic (exact) mass is 130 g/mol. The van der Waals surface area contributed by atoms with Crippen molar-refractivity contribution in [1.29, 1.82) is 0 Å². The second-order valence-electron chi connectivity index (χ2n) is 1.85. The molecule has 0 atom stereocenters. The maximum Gasteiger partial charge on any atom is 0.183 e. The summed E-state index contributed by atoms with van der Waals surface area (Å²) in [5.41, 5.74) is 0. The first-order valence-corrected chi connectivity index (χ1v) is 3.38. The van der Waals surface area contributed by atoms with Crippen molar-refractivity contribution in [3.05, 3.63) is 0 Å². The van der Waals surface area contributed by atoms with E-state index >= 15 is 0 Å². The zero-order chi connectivity index (χ0) is 6.95. The lowest BCUT2D eigenvalue weighted by molar-refractivity contribution is -0.535. The summed E-state index contributed by atoms with van der Waals surface area (Å²) in [7, 11) is 1.92. The second kappa shape index (κ2) is 7.59. The molecule has 0 aromatic rings. The molecule has 0 aliphatic rings. The molecule has 0 unspecified atom stereocenters. The van der Waals surface area contributed by atoms with Crippen LogP contribution >= 0.6 is 0 Å². The van der Waals surface area contributed by atoms with Gasteiger partial charge in [0.05, 0.1) is 0 Å². The van der Waals surface area contributed by atoms with Gasteiger partial charge in [-0.3, -0.25) is 10.6 Å². The van der Waals surface area contributed by atoms with Crippen LogP contribution in [0.3, 0.4) is 0 Å². The van der Waals surface area contributed by atoms with E-state index < -0.39 is 0 Å². The maximum absolute atomic E-state index is 4.11. The van der Waals surface area contributed by atoms with Gasteiger partial charge in [-0.1, -0.05) is 6.92 Å². The van der Waals surface area contributed by atoms with Crippen LogP contribution in [0.5, 0.6) is 0 Å². The molecule has 0 amide bonds. The summed E-state index contributed by atoms with van der Waals surface area (Å²) in [6.45, 7) is 3.98. The van der Waals surface area contributed by atoms with Gasteiger partial charge in [-0.2, -0.15) is 0 Å². The van der Waals surface area contributed by atoms with Gasteiger partial charge in [-0.15, -0.1) is 0 Å². The third-order valence-electron chi connectivity index (χ3n) is 0.886. The van der Waals surface area contributed by atoms with E-state index in [1.165, 1.54) is 0 Å². The number of nitrogens with one attached hydrogen (secondary N) is 1. The van der Waals surface area contributed by atoms with E-state index in [1.54, 1.807) is 0 Å². The first-order chi connectivity index (χ1) is 4.41. The average Bonchev–Trinajstić information content (AvgIpc) is 1.89. The highest BCUT2D eigenvalue weighted by atomic mass is 15.1. The molecule has 0 fully saturated rings. The molecule has 3 nitrogen and oxygen atoms in total. The second-order valence-corrected chi connectivity index (χ2v) is 1.85. The summed E-state index contributed by atoms with van der Waals surface area (Å²) < 4.78 is 0. The smallest absolute Gasteiger partial charge is 0.183 e. The summed E-state index contributed by atoms with van der Waals surface area (Å²) in [4.78, 5) is 4.11. The minimum absolute atomic E-state index is 0.910. The van der Waals surface area contributed by atoms with Crippen molar-refractivity contribution in [2.75, 3.05) is 20.3 Å². The van der Waals surface area contributed by atoms with Crippen LogP contribution in [0.25, 0.3) is 0 Å². The predicted molar refractivity (Wildman–Crippen MR) is 39.5 cm³/mol. The van der Waals surface area contributed by atoms with Crippen molar-refractivity contribution >= 4 is 6.34 Å². The van der Waals surface area contributed by atoms with Crippen molar-refractivity contribution in [1.82, 2.24) is 5.32 Å². The number of rotatable bonds is 5. The highest BCUT2D eigenvalue weighted by molar-refractivity contribution is 5.41. The van der Waals surface area contributed by atoms with E-state index in [9.17, 15) is 0 Å². The highest BCUT2D eigenvalue weighted by Crippen LogP contribution is 1.71. The lowest BCUT2D eigenvalue weighted by Crippen LogP contribution is -2.85. The Morgan fingerprint density at radius 1 is 1.67 bits per heavy atom. The summed E-state index contributed by atoms with van der Waals surface area (Å²) in [6.07, 6.45) is 2.99. The van der Waals surface area contributed by atoms with Crippen LogP contribution in [0.2, 0.25) is 0 Å². The third-order valence-corrected chi connectivity index (χ3v) is 0.886. The van der Waals surface area contributed by atoms with Crippen molar-refractivity contribution in [3.63, 3.8) is 0 Å². The molecule has 0 aliphatic carbocycles. The van der Waals surface area contributed by atoms with Crippen molar-refractivity contribution in [2.24, 2.45) is 4.99 Å². The Labute approximate surface area is 56.6 Å². The molecule has 3 heteroatoms. The van der Waals surface area contributed by atoms with Crippen LogP contribution in [-0.4, -0.2) is 26.6 Å². The van der Waals surface area contributed by atoms with Crippen LogP contribution in [0.1, 0.15) is 13.3 Å². The van der Waals surface area contributed by atoms with E-state index in [2.05, 4.69) is 17.2 Å². The molecular weight excluding hydrogens is 114 g/mol. The summed E-state index contributed by atoms with van der Waals surface area (Å²) >= 11 is 0. The molecule has 0 saturated carbocycles. The van der Waals surface area contributed by atoms with Gasteiger partial charge in [-0.05, 0) is 13.5 Å². The van der Waals surface area contributed by atoms with E-state index in [1.807, 2.05) is 18.7 Å². The summed E-state index contributed by atoms with van der Waals surface area (Å²) in [6, 6.07) is 0. The average molecular weight is 130 g/mol. The van der Waals surface area contributed by atoms with Crippen molar-refractivity contribution < 1.29 is 5.32 Å². The normalized spacial score (nSPS) is 10.9. The number of nitrogens with two attached hydrogens (primary N) is 1. The molecule has 0 aromatic carbocycles. The number of quaternary nitrogens is 1. The lowest BCUT2D eigenvalue weighted by Gasteiger charge is -1.89. The highest BCUT2D eigenvalue weighted by Gasteiger charge is 1.76. The Kier molecular flexibility index (Phi) is 7.24. The van der Waals surface area contributed by atoms with E-state index in [0.29, 0.717) is 0 Å². The standard InChI is InChI=1S/C6H15N3/c1-3-4-8-6-9-5-7-2/h6-7H,3-5H2,1-2H3,(H,8,9)/p+1. The molecule has 0 aliphatic heterocycles. The van der Waals surface area contributed by atoms with Crippen LogP contribution in [0.4, 0.5) is 0 Å². The van der Waals surface area contributed by atoms with Gasteiger partial charge < -0.3 is 0 Å². The fraction of sp³-hybridized carbons (Fsp3) is 0.833. The molecule has 3 N–H and O–H groups in total. The first kappa shape index (κ1) is 8.59. The van der Waals surface area contributed by atoms with Gasteiger partial charge in [0.25, 0.3) is 0 Å². The molecule has 0 heterocycles. The fourth-order valence-electron chi connectivity index (χ4n) is 0.449. The van der Waals surface area contributed by atoms with Crippen LogP contribution in [0.15, 0.2) is 4.99 Å². The SMILES string of the molecule is CCCN=C[NH2+]CNC. The molecule has 0 spiro atoms. The topological polar surface area (TPSA) is 41.0 Å². The Morgan fingerprint density at radius 3 is 3.00 bits per heavy atom. The maximum atomic E-state index is 4.11. The number of nitrogens with zero attached hydrogens (tertiary/aromatic N) is 1. The van der Waals surface area contributed by atoms with E-state index in [0.717, 1.165) is 19.6 Å². The fourth-order valence-corrected chi connectivity index (χ4v) is 0.449. The summed E-state index contributed by atoms with van der Waals surface area (Å²) in [5.74, 6) is 0. The van der Waals surface area contributed by atoms with Gasteiger partial charge in [0.1, 0.15) is 6.67 Å². The van der Waals surface area contributed by atoms with Crippen LogP contribution < -0.4 is 10.6 Å². The molecule has 0 saturated heterocycles. The molecule has 54 valence electrons. The van der Waals surface area contributed by atoms with E-state index in [4.69, 9.17) is 0 Å². The Hall–Kier alpha value is -0.410. The van der Waals surface area contributed by atoms with Crippen LogP contribution in [-0.2, 0) is 0 Å². The van der Waals surface area contributed by atoms with Crippen molar-refractivity contribution in [2.45, 2.75) is 13.3 Å². The molecule has 9 heavy (non-hydrogen) atoms. The third kappa shape index (κ3) is 7.59. The van der Waals surface area contributed by atoms with Gasteiger partial charge in [0.2, 0.25) is 0 Å². The quantitative estimate of drug-likeness (QED) is 0.217. The largest absolute Gasteiger partial charge is 0.292 e. The number of aliphatic imine (C=N–C) groups is 1. The molecule has 0 bridgehead atoms. The molecular formula is C6H16N3+. The Bertz CT molecular complexity index is 70.7. The van der Waals surface area contributed by atoms with Gasteiger partial charge in [0, 0.05) is 6.54 Å². The van der Waals surface area contributed by atoms with Gasteiger partial charge in [0.15, 0.2) is 6.34 Å². The molecule has 0 rings (SSSR count). The Morgan fingerprint density at radius 2 is 2.44 bits per heavy atom. The van der Waals surface area contributed by atoms with Gasteiger partial charge in [-0.25, -0.2) is 4.99 Å². The number of hydrogen-bond donors (Lipinski definition) is 2. The molecule has 0 radical (unpaired) electrons. The zero-order valence-corrected chi connectivity index (χ0v) is 6.22.